The molecule has 1 fully saturated rings. The Morgan fingerprint density at radius 3 is 2.42 bits per heavy atom. The van der Waals surface area contributed by atoms with Crippen molar-refractivity contribution in [2.75, 3.05) is 31.7 Å². The summed E-state index contributed by atoms with van der Waals surface area (Å²) < 4.78 is 33.1. The molecular weight excluding hydrogens is 598 g/mol. The summed E-state index contributed by atoms with van der Waals surface area (Å²) >= 11 is 12.2. The van der Waals surface area contributed by atoms with Crippen molar-refractivity contribution in [2.45, 2.75) is 19.4 Å². The Balaban J connectivity index is 1.40. The van der Waals surface area contributed by atoms with E-state index in [1.165, 1.54) is 18.2 Å². The number of pyridine rings is 1. The van der Waals surface area contributed by atoms with Crippen molar-refractivity contribution in [3.05, 3.63) is 82.2 Å². The van der Waals surface area contributed by atoms with E-state index in [-0.39, 0.29) is 18.0 Å². The second-order valence-corrected chi connectivity index (χ2v) is 11.0. The van der Waals surface area contributed by atoms with Crippen molar-refractivity contribution >= 4 is 51.6 Å². The Morgan fingerprint density at radius 2 is 1.74 bits per heavy atom. The van der Waals surface area contributed by atoms with Gasteiger partial charge >= 0.3 is 11.8 Å². The number of carbonyl (C=O) groups is 2. The number of primary amides is 1. The summed E-state index contributed by atoms with van der Waals surface area (Å²) in [6, 6.07) is 13.7. The van der Waals surface area contributed by atoms with Gasteiger partial charge in [-0.15, -0.1) is 0 Å². The number of aromatic nitrogens is 1. The third kappa shape index (κ3) is 7.27. The number of nitrogens with zero attached hydrogens (tertiary/aromatic N) is 2. The molecule has 2 amide bonds. The number of methoxy groups -OCH3 is 1. The molecule has 0 atom stereocenters. The summed E-state index contributed by atoms with van der Waals surface area (Å²) in [5.74, 6) is -1.28. The van der Waals surface area contributed by atoms with Crippen molar-refractivity contribution in [1.82, 2.24) is 10.3 Å². The molecule has 1 saturated heterocycles. The van der Waals surface area contributed by atoms with Crippen LogP contribution in [-0.2, 0) is 16.1 Å². The van der Waals surface area contributed by atoms with E-state index in [1.54, 1.807) is 43.6 Å². The molecule has 3 aromatic carbocycles. The first-order valence-electron chi connectivity index (χ1n) is 13.6. The molecule has 1 aromatic heterocycles. The van der Waals surface area contributed by atoms with Crippen LogP contribution in [-0.4, -0.2) is 43.6 Å². The summed E-state index contributed by atoms with van der Waals surface area (Å²) in [6.07, 6.45) is 3.64. The molecule has 2 heterocycles. The zero-order valence-electron chi connectivity index (χ0n) is 23.2. The summed E-state index contributed by atoms with van der Waals surface area (Å²) in [5, 5.41) is 4.61. The predicted octanol–water partition coefficient (Wildman–Crippen LogP) is 5.88. The van der Waals surface area contributed by atoms with Crippen LogP contribution in [0.1, 0.15) is 18.4 Å². The minimum Gasteiger partial charge on any atom is -0.493 e. The zero-order valence-corrected chi connectivity index (χ0v) is 24.8. The normalized spacial score (nSPS) is 13.5. The van der Waals surface area contributed by atoms with Gasteiger partial charge in [-0.1, -0.05) is 23.2 Å². The molecule has 0 radical (unpaired) electrons. The van der Waals surface area contributed by atoms with E-state index < -0.39 is 17.6 Å². The lowest BCUT2D eigenvalue weighted by Gasteiger charge is -2.23. The highest BCUT2D eigenvalue weighted by Crippen LogP contribution is 2.38. The van der Waals surface area contributed by atoms with Gasteiger partial charge in [-0.05, 0) is 79.9 Å². The van der Waals surface area contributed by atoms with E-state index in [9.17, 15) is 9.59 Å². The molecule has 1 aliphatic heterocycles. The number of ether oxygens (including phenoxy) is 3. The first kappa shape index (κ1) is 30.3. The second-order valence-electron chi connectivity index (χ2n) is 10.1. The molecule has 1 aliphatic rings. The van der Waals surface area contributed by atoms with Crippen molar-refractivity contribution in [1.29, 1.82) is 0 Å². The Morgan fingerprint density at radius 1 is 1.00 bits per heavy atom. The maximum Gasteiger partial charge on any atom is 0.316 e. The average molecular weight is 627 g/mol. The lowest BCUT2D eigenvalue weighted by atomic mass is 9.99. The minimum absolute atomic E-state index is 0.0848. The lowest BCUT2D eigenvalue weighted by molar-refractivity contribution is -0.135. The summed E-state index contributed by atoms with van der Waals surface area (Å²) in [6.45, 7) is 2.38. The largest absolute Gasteiger partial charge is 0.493 e. The number of fused-ring (bicyclic) bond motifs is 1. The molecule has 0 aliphatic carbocycles. The smallest absolute Gasteiger partial charge is 0.316 e. The van der Waals surface area contributed by atoms with Crippen molar-refractivity contribution < 1.29 is 28.2 Å². The number of amides is 2. The van der Waals surface area contributed by atoms with E-state index >= 15 is 4.39 Å². The first-order chi connectivity index (χ1) is 20.7. The maximum atomic E-state index is 15.4. The fraction of sp³-hybridized carbons (Fsp3) is 0.258. The molecule has 4 aromatic rings. The third-order valence-electron chi connectivity index (χ3n) is 7.09. The number of hydrogen-bond donors (Lipinski definition) is 2. The van der Waals surface area contributed by atoms with Gasteiger partial charge in [-0.25, -0.2) is 4.39 Å². The molecule has 0 bridgehead atoms. The number of benzene rings is 3. The summed E-state index contributed by atoms with van der Waals surface area (Å²) in [4.78, 5) is 29.9. The number of piperidine rings is 1. The molecule has 224 valence electrons. The molecule has 9 nitrogen and oxygen atoms in total. The van der Waals surface area contributed by atoms with Gasteiger partial charge < -0.3 is 25.3 Å². The van der Waals surface area contributed by atoms with Crippen molar-refractivity contribution in [2.24, 2.45) is 11.7 Å². The van der Waals surface area contributed by atoms with Gasteiger partial charge in [0.15, 0.2) is 23.1 Å². The summed E-state index contributed by atoms with van der Waals surface area (Å²) in [7, 11) is 1.55. The molecule has 5 rings (SSSR count). The number of halogens is 3. The van der Waals surface area contributed by atoms with Crippen LogP contribution in [0.3, 0.4) is 0 Å². The molecule has 0 spiro atoms. The Hall–Kier alpha value is -4.12. The topological polar surface area (TPSA) is 116 Å². The quantitative estimate of drug-likeness (QED) is 0.223. The molecule has 12 heteroatoms. The number of hydrogen-bond acceptors (Lipinski definition) is 7. The average Bonchev–Trinajstić information content (AvgIpc) is 2.99. The Bertz CT molecular complexity index is 1650. The van der Waals surface area contributed by atoms with Crippen LogP contribution in [0.5, 0.6) is 23.0 Å². The number of rotatable bonds is 9. The standard InChI is InChI=1S/C31H29Cl2FN4O5/c1-41-28-14-23-25(15-29(28)42-17-18-4-7-36-8-5-18)37-9-6-26(23)43-27-3-2-22(13-24(27)34)38(31(40)30(35)39)16-19-10-20(32)12-21(33)11-19/h2-3,6,9-15,18,36H,4-5,7-8,16-17H2,1H3,(H2,35,39). The molecule has 3 N–H and O–H groups in total. The molecular formula is C31H29Cl2FN4O5. The molecule has 0 unspecified atom stereocenters. The number of anilines is 1. The third-order valence-corrected chi connectivity index (χ3v) is 7.52. The lowest BCUT2D eigenvalue weighted by Crippen LogP contribution is -2.40. The zero-order chi connectivity index (χ0) is 30.5. The fourth-order valence-electron chi connectivity index (χ4n) is 4.90. The number of nitrogens with two attached hydrogens (primary N) is 1. The highest BCUT2D eigenvalue weighted by atomic mass is 35.5. The van der Waals surface area contributed by atoms with Gasteiger partial charge in [0, 0.05) is 39.4 Å². The Kier molecular flexibility index (Phi) is 9.49. The predicted molar refractivity (Wildman–Crippen MR) is 163 cm³/mol. The first-order valence-corrected chi connectivity index (χ1v) is 14.3. The highest BCUT2D eigenvalue weighted by molar-refractivity contribution is 6.39. The second kappa shape index (κ2) is 13.5. The van der Waals surface area contributed by atoms with Crippen LogP contribution >= 0.6 is 23.2 Å². The van der Waals surface area contributed by atoms with Crippen LogP contribution in [0.4, 0.5) is 10.1 Å². The number of carbonyl (C=O) groups excluding carboxylic acids is 2. The van der Waals surface area contributed by atoms with Gasteiger partial charge in [0.1, 0.15) is 5.75 Å². The fourth-order valence-corrected chi connectivity index (χ4v) is 5.47. The Labute approximate surface area is 257 Å². The van der Waals surface area contributed by atoms with E-state index in [2.05, 4.69) is 10.3 Å². The minimum atomic E-state index is -1.20. The van der Waals surface area contributed by atoms with Gasteiger partial charge in [0.05, 0.1) is 25.8 Å². The van der Waals surface area contributed by atoms with E-state index in [4.69, 9.17) is 43.1 Å². The maximum absolute atomic E-state index is 15.4. The number of nitrogens with one attached hydrogen (secondary N) is 1. The monoisotopic (exact) mass is 626 g/mol. The van der Waals surface area contributed by atoms with Crippen LogP contribution in [0.25, 0.3) is 10.9 Å². The van der Waals surface area contributed by atoms with Gasteiger partial charge in [0.25, 0.3) is 0 Å². The SMILES string of the molecule is COc1cc2c(Oc3ccc(N(Cc4cc(Cl)cc(Cl)c4)C(=O)C(N)=O)cc3F)ccnc2cc1OCC1CCNCC1. The van der Waals surface area contributed by atoms with E-state index in [1.807, 2.05) is 0 Å². The van der Waals surface area contributed by atoms with Crippen LogP contribution < -0.4 is 30.2 Å². The van der Waals surface area contributed by atoms with Gasteiger partial charge in [-0.2, -0.15) is 0 Å². The highest BCUT2D eigenvalue weighted by Gasteiger charge is 2.23. The molecule has 0 saturated carbocycles. The van der Waals surface area contributed by atoms with Crippen LogP contribution in [0.2, 0.25) is 10.0 Å². The van der Waals surface area contributed by atoms with E-state index in [0.717, 1.165) is 36.9 Å². The molecule has 43 heavy (non-hydrogen) atoms. The summed E-state index contributed by atoms with van der Waals surface area (Å²) in [5.41, 5.74) is 6.45. The van der Waals surface area contributed by atoms with Crippen LogP contribution in [0, 0.1) is 11.7 Å². The van der Waals surface area contributed by atoms with E-state index in [0.29, 0.717) is 56.3 Å². The van der Waals surface area contributed by atoms with Gasteiger partial charge in [-0.3, -0.25) is 19.5 Å². The van der Waals surface area contributed by atoms with Crippen LogP contribution in [0.15, 0.2) is 60.8 Å². The van der Waals surface area contributed by atoms with Gasteiger partial charge in [0.2, 0.25) is 0 Å². The van der Waals surface area contributed by atoms with Crippen molar-refractivity contribution in [3.8, 4) is 23.0 Å². The van der Waals surface area contributed by atoms with Crippen molar-refractivity contribution in [3.63, 3.8) is 0 Å².